The summed E-state index contributed by atoms with van der Waals surface area (Å²) >= 11 is 0. The number of fused-ring (bicyclic) bond motifs is 2. The van der Waals surface area contributed by atoms with Crippen molar-refractivity contribution in [3.05, 3.63) is 59.7 Å². The van der Waals surface area contributed by atoms with E-state index in [0.717, 1.165) is 6.26 Å². The number of rotatable bonds is 6. The molecule has 0 saturated heterocycles. The van der Waals surface area contributed by atoms with Crippen molar-refractivity contribution < 1.29 is 27.7 Å². The highest BCUT2D eigenvalue weighted by molar-refractivity contribution is 7.88. The Morgan fingerprint density at radius 2 is 1.88 bits per heavy atom. The lowest BCUT2D eigenvalue weighted by molar-refractivity contribution is -0.278. The number of aromatic nitrogens is 2. The second-order valence-corrected chi connectivity index (χ2v) is 9.89. The van der Waals surface area contributed by atoms with Crippen molar-refractivity contribution >= 4 is 21.1 Å². The number of ether oxygens (including phenoxy) is 3. The Morgan fingerprint density at radius 1 is 1.24 bits per heavy atom. The lowest BCUT2D eigenvalue weighted by atomic mass is 9.79. The molecule has 3 N–H and O–H groups in total. The van der Waals surface area contributed by atoms with Crippen LogP contribution in [0.2, 0.25) is 0 Å². The number of nitrogens with one attached hydrogen (secondary N) is 2. The molecule has 3 aromatic rings. The van der Waals surface area contributed by atoms with E-state index in [4.69, 9.17) is 14.2 Å². The van der Waals surface area contributed by atoms with Gasteiger partial charge in [-0.3, -0.25) is 4.57 Å². The van der Waals surface area contributed by atoms with E-state index in [-0.39, 0.29) is 5.62 Å². The van der Waals surface area contributed by atoms with Crippen molar-refractivity contribution in [3.63, 3.8) is 0 Å². The molecule has 180 valence electrons. The molecule has 1 aliphatic heterocycles. The molecule has 3 atom stereocenters. The monoisotopic (exact) mass is 487 g/mol. The van der Waals surface area contributed by atoms with Gasteiger partial charge in [0.1, 0.15) is 11.8 Å². The zero-order chi connectivity index (χ0) is 24.7. The van der Waals surface area contributed by atoms with Crippen LogP contribution in [0.1, 0.15) is 18.5 Å². The van der Waals surface area contributed by atoms with Crippen molar-refractivity contribution in [2.24, 2.45) is 4.99 Å². The molecule has 0 aliphatic carbocycles. The zero-order valence-electron chi connectivity index (χ0n) is 19.0. The first kappa shape index (κ1) is 23.9. The highest BCUT2D eigenvalue weighted by Gasteiger charge is 2.65. The maximum absolute atomic E-state index is 12.6. The van der Waals surface area contributed by atoms with Crippen molar-refractivity contribution in [2.45, 2.75) is 30.6 Å². The molecule has 2 heterocycles. The van der Waals surface area contributed by atoms with Gasteiger partial charge in [0.2, 0.25) is 33.7 Å². The standard InChI is InChI=1S/C22H25N5O6S/c1-21(19(31-2)32-3)22(28,26-34(4,29)30)18(14-9-5-8-12-17(14)33-21)27-16-11-7-6-10-15(16)25-20(27)24-13-23/h5-12,18-19,26,28H,1-4H3,(H,24,25). The van der Waals surface area contributed by atoms with Crippen LogP contribution in [-0.2, 0) is 19.5 Å². The van der Waals surface area contributed by atoms with Crippen LogP contribution in [0.3, 0.4) is 0 Å². The quantitative estimate of drug-likeness (QED) is 0.346. The van der Waals surface area contributed by atoms with Crippen molar-refractivity contribution in [2.75, 3.05) is 20.5 Å². The van der Waals surface area contributed by atoms with Gasteiger partial charge in [0.05, 0.1) is 17.3 Å². The number of hydrogen-bond donors (Lipinski definition) is 3. The van der Waals surface area contributed by atoms with Gasteiger partial charge in [0.15, 0.2) is 5.72 Å². The minimum atomic E-state index is -4.02. The fraction of sp³-hybridized carbons (Fsp3) is 0.364. The second kappa shape index (κ2) is 8.53. The maximum Gasteiger partial charge on any atom is 0.219 e. The maximum atomic E-state index is 12.6. The molecule has 4 rings (SSSR count). The molecule has 1 aliphatic rings. The minimum Gasteiger partial charge on any atom is -0.477 e. The fourth-order valence-electron chi connectivity index (χ4n) is 4.62. The molecule has 11 nitrogen and oxygen atoms in total. The Morgan fingerprint density at radius 3 is 2.53 bits per heavy atom. The number of sulfonamides is 1. The molecule has 0 amide bonds. The Bertz CT molecular complexity index is 1440. The van der Waals surface area contributed by atoms with E-state index >= 15 is 0 Å². The SMILES string of the molecule is COC(OC)C1(C)Oc2ccccc2C(n2c(=NC#N)[nH]c3ccccc32)C1(O)NS(C)(=O)=O. The van der Waals surface area contributed by atoms with E-state index < -0.39 is 33.7 Å². The zero-order valence-corrected chi connectivity index (χ0v) is 19.8. The Balaban J connectivity index is 2.17. The van der Waals surface area contributed by atoms with Crippen LogP contribution in [0.25, 0.3) is 11.0 Å². The number of para-hydroxylation sites is 3. The minimum absolute atomic E-state index is 0.105. The number of aromatic amines is 1. The summed E-state index contributed by atoms with van der Waals surface area (Å²) in [6.45, 7) is 1.49. The molecular formula is C22H25N5O6S. The molecule has 2 aromatic carbocycles. The smallest absolute Gasteiger partial charge is 0.219 e. The van der Waals surface area contributed by atoms with Gasteiger partial charge in [-0.05, 0) is 25.1 Å². The number of H-pyrrole nitrogens is 1. The third kappa shape index (κ3) is 3.67. The summed E-state index contributed by atoms with van der Waals surface area (Å²) in [5, 5.41) is 21.7. The van der Waals surface area contributed by atoms with Gasteiger partial charge in [-0.15, -0.1) is 4.99 Å². The van der Waals surface area contributed by atoms with Gasteiger partial charge in [0, 0.05) is 19.8 Å². The number of benzene rings is 2. The van der Waals surface area contributed by atoms with Crippen LogP contribution in [0, 0.1) is 11.5 Å². The summed E-state index contributed by atoms with van der Waals surface area (Å²) in [6.07, 6.45) is 1.49. The summed E-state index contributed by atoms with van der Waals surface area (Å²) in [5.74, 6) is 0.370. The number of aliphatic hydroxyl groups is 1. The van der Waals surface area contributed by atoms with Crippen molar-refractivity contribution in [1.82, 2.24) is 14.3 Å². The van der Waals surface area contributed by atoms with E-state index in [9.17, 15) is 18.8 Å². The van der Waals surface area contributed by atoms with Gasteiger partial charge >= 0.3 is 0 Å². The highest BCUT2D eigenvalue weighted by atomic mass is 32.2. The van der Waals surface area contributed by atoms with Crippen LogP contribution < -0.4 is 15.1 Å². The second-order valence-electron chi connectivity index (χ2n) is 8.14. The van der Waals surface area contributed by atoms with Gasteiger partial charge in [0.25, 0.3) is 0 Å². The lowest BCUT2D eigenvalue weighted by Gasteiger charge is -2.54. The topological polar surface area (TPSA) is 151 Å². The molecule has 0 bridgehead atoms. The van der Waals surface area contributed by atoms with Crippen LogP contribution in [-0.4, -0.2) is 61.2 Å². The summed E-state index contributed by atoms with van der Waals surface area (Å²) in [6, 6.07) is 12.9. The largest absolute Gasteiger partial charge is 0.477 e. The number of methoxy groups -OCH3 is 2. The molecule has 12 heteroatoms. The average molecular weight is 488 g/mol. The van der Waals surface area contributed by atoms with E-state index in [1.54, 1.807) is 59.3 Å². The third-order valence-electron chi connectivity index (χ3n) is 5.96. The molecule has 3 unspecified atom stereocenters. The Hall–Kier alpha value is -3.21. The molecule has 0 radical (unpaired) electrons. The van der Waals surface area contributed by atoms with Gasteiger partial charge in [-0.25, -0.2) is 8.42 Å². The Kier molecular flexibility index (Phi) is 6.01. The highest BCUT2D eigenvalue weighted by Crippen LogP contribution is 2.49. The first-order chi connectivity index (χ1) is 16.1. The molecule has 0 fully saturated rings. The van der Waals surface area contributed by atoms with E-state index in [2.05, 4.69) is 14.7 Å². The lowest BCUT2D eigenvalue weighted by Crippen LogP contribution is -2.75. The predicted molar refractivity (Wildman–Crippen MR) is 122 cm³/mol. The summed E-state index contributed by atoms with van der Waals surface area (Å²) in [5.41, 5.74) is -2.42. The summed E-state index contributed by atoms with van der Waals surface area (Å²) < 4.78 is 46.3. The van der Waals surface area contributed by atoms with Crippen molar-refractivity contribution in [1.29, 1.82) is 5.26 Å². The van der Waals surface area contributed by atoms with Crippen LogP contribution in [0.4, 0.5) is 0 Å². The molecule has 0 saturated carbocycles. The van der Waals surface area contributed by atoms with Gasteiger partial charge in [-0.2, -0.15) is 9.98 Å². The number of nitrogens with zero attached hydrogens (tertiary/aromatic N) is 3. The summed E-state index contributed by atoms with van der Waals surface area (Å²) in [7, 11) is -1.31. The normalized spacial score (nSPS) is 25.2. The average Bonchev–Trinajstić information content (AvgIpc) is 3.12. The fourth-order valence-corrected chi connectivity index (χ4v) is 5.50. The van der Waals surface area contributed by atoms with Gasteiger partial charge < -0.3 is 24.3 Å². The van der Waals surface area contributed by atoms with Crippen LogP contribution >= 0.6 is 0 Å². The first-order valence-corrected chi connectivity index (χ1v) is 12.2. The molecule has 1 aromatic heterocycles. The van der Waals surface area contributed by atoms with E-state index in [1.807, 2.05) is 0 Å². The van der Waals surface area contributed by atoms with Gasteiger partial charge in [-0.1, -0.05) is 30.3 Å². The summed E-state index contributed by atoms with van der Waals surface area (Å²) in [4.78, 5) is 6.97. The van der Waals surface area contributed by atoms with Crippen LogP contribution in [0.5, 0.6) is 5.75 Å². The van der Waals surface area contributed by atoms with E-state index in [0.29, 0.717) is 22.3 Å². The number of nitriles is 1. The predicted octanol–water partition coefficient (Wildman–Crippen LogP) is 0.948. The van der Waals surface area contributed by atoms with E-state index in [1.165, 1.54) is 21.1 Å². The number of hydrogen-bond acceptors (Lipinski definition) is 8. The molecule has 0 spiro atoms. The molecular weight excluding hydrogens is 462 g/mol. The molecule has 34 heavy (non-hydrogen) atoms. The third-order valence-corrected chi connectivity index (χ3v) is 6.64. The van der Waals surface area contributed by atoms with Crippen molar-refractivity contribution in [3.8, 4) is 11.9 Å². The number of imidazole rings is 1. The van der Waals surface area contributed by atoms with Crippen LogP contribution in [0.15, 0.2) is 53.5 Å². The first-order valence-electron chi connectivity index (χ1n) is 10.3. The Labute approximate surface area is 196 Å².